The molecular weight excluding hydrogens is 318 g/mol. The zero-order chi connectivity index (χ0) is 16.4. The van der Waals surface area contributed by atoms with Crippen LogP contribution in [0.3, 0.4) is 0 Å². The highest BCUT2D eigenvalue weighted by molar-refractivity contribution is 6.33. The predicted octanol–water partition coefficient (Wildman–Crippen LogP) is 2.26. The van der Waals surface area contributed by atoms with Crippen molar-refractivity contribution in [3.05, 3.63) is 28.9 Å². The van der Waals surface area contributed by atoms with E-state index in [1.807, 2.05) is 4.90 Å². The van der Waals surface area contributed by atoms with Crippen LogP contribution in [0.25, 0.3) is 6.08 Å². The van der Waals surface area contributed by atoms with E-state index >= 15 is 0 Å². The Bertz CT molecular complexity index is 658. The number of hydrogen-bond donors (Lipinski definition) is 2. The number of amides is 1. The monoisotopic (exact) mass is 335 g/mol. The number of anilines is 1. The first kappa shape index (κ1) is 15.8. The maximum absolute atomic E-state index is 12.0. The summed E-state index contributed by atoms with van der Waals surface area (Å²) in [6, 6.07) is 1.81. The zero-order valence-corrected chi connectivity index (χ0v) is 13.3. The molecule has 122 valence electrons. The summed E-state index contributed by atoms with van der Waals surface area (Å²) < 4.78 is 0. The van der Waals surface area contributed by atoms with Crippen molar-refractivity contribution in [2.24, 2.45) is 5.92 Å². The average molecular weight is 336 g/mol. The Balaban J connectivity index is 1.60. The van der Waals surface area contributed by atoms with Gasteiger partial charge in [-0.1, -0.05) is 11.6 Å². The van der Waals surface area contributed by atoms with Gasteiger partial charge in [-0.3, -0.25) is 4.79 Å². The van der Waals surface area contributed by atoms with Crippen LogP contribution in [0, 0.1) is 5.92 Å². The number of halogens is 1. The van der Waals surface area contributed by atoms with E-state index in [-0.39, 0.29) is 17.9 Å². The van der Waals surface area contributed by atoms with Crippen LogP contribution < -0.4 is 5.32 Å². The highest BCUT2D eigenvalue weighted by Gasteiger charge is 2.36. The number of aliphatic carboxylic acids is 1. The van der Waals surface area contributed by atoms with E-state index < -0.39 is 5.97 Å². The SMILES string of the molecule is O=C(O)/C=C/c1cnc(N[C@@H]2CCN(C(=O)C3CC3)C2)c(Cl)c1. The number of likely N-dealkylation sites (tertiary alicyclic amines) is 1. The summed E-state index contributed by atoms with van der Waals surface area (Å²) in [7, 11) is 0. The number of carboxylic acids is 1. The maximum Gasteiger partial charge on any atom is 0.328 e. The number of nitrogens with one attached hydrogen (secondary N) is 1. The minimum atomic E-state index is -1.02. The molecule has 0 unspecified atom stereocenters. The molecule has 1 aromatic heterocycles. The number of carbonyl (C=O) groups is 2. The van der Waals surface area contributed by atoms with Gasteiger partial charge in [0, 0.05) is 37.3 Å². The Morgan fingerprint density at radius 3 is 2.83 bits per heavy atom. The molecule has 2 fully saturated rings. The Kier molecular flexibility index (Phi) is 4.52. The molecule has 1 saturated carbocycles. The minimum absolute atomic E-state index is 0.142. The number of pyridine rings is 1. The molecule has 2 N–H and O–H groups in total. The van der Waals surface area contributed by atoms with Crippen LogP contribution in [0.5, 0.6) is 0 Å². The fourth-order valence-electron chi connectivity index (χ4n) is 2.68. The van der Waals surface area contributed by atoms with E-state index in [9.17, 15) is 9.59 Å². The van der Waals surface area contributed by atoms with Gasteiger partial charge in [0.15, 0.2) is 0 Å². The first-order valence-corrected chi connectivity index (χ1v) is 8.02. The molecule has 0 bridgehead atoms. The maximum atomic E-state index is 12.0. The van der Waals surface area contributed by atoms with Gasteiger partial charge in [0.05, 0.1) is 5.02 Å². The molecule has 1 atom stereocenters. The van der Waals surface area contributed by atoms with Crippen LogP contribution in [0.4, 0.5) is 5.82 Å². The number of hydrogen-bond acceptors (Lipinski definition) is 4. The standard InChI is InChI=1S/C16H18ClN3O3/c17-13-7-10(1-4-14(21)22)8-18-15(13)19-12-5-6-20(9-12)16(23)11-2-3-11/h1,4,7-8,11-12H,2-3,5-6,9H2,(H,18,19)(H,21,22)/b4-1+/t12-/m1/s1. The molecule has 23 heavy (non-hydrogen) atoms. The Morgan fingerprint density at radius 1 is 1.39 bits per heavy atom. The van der Waals surface area contributed by atoms with Crippen LogP contribution in [0.15, 0.2) is 18.3 Å². The van der Waals surface area contributed by atoms with Crippen molar-refractivity contribution in [1.29, 1.82) is 0 Å². The summed E-state index contributed by atoms with van der Waals surface area (Å²) in [5, 5.41) is 12.3. The van der Waals surface area contributed by atoms with Gasteiger partial charge < -0.3 is 15.3 Å². The fourth-order valence-corrected chi connectivity index (χ4v) is 2.91. The van der Waals surface area contributed by atoms with Gasteiger partial charge in [0.1, 0.15) is 5.82 Å². The second kappa shape index (κ2) is 6.58. The van der Waals surface area contributed by atoms with Gasteiger partial charge in [-0.15, -0.1) is 0 Å². The smallest absolute Gasteiger partial charge is 0.328 e. The molecule has 7 heteroatoms. The number of carboxylic acid groups (broad SMARTS) is 1. The molecule has 1 saturated heterocycles. The predicted molar refractivity (Wildman–Crippen MR) is 87.2 cm³/mol. The van der Waals surface area contributed by atoms with Crippen LogP contribution in [-0.2, 0) is 9.59 Å². The third-order valence-corrected chi connectivity index (χ3v) is 4.34. The zero-order valence-electron chi connectivity index (χ0n) is 12.5. The first-order valence-electron chi connectivity index (χ1n) is 7.65. The normalized spacial score (nSPS) is 20.9. The fraction of sp³-hybridized carbons (Fsp3) is 0.438. The van der Waals surface area contributed by atoms with Crippen molar-refractivity contribution in [2.45, 2.75) is 25.3 Å². The van der Waals surface area contributed by atoms with Crippen molar-refractivity contribution in [3.63, 3.8) is 0 Å². The minimum Gasteiger partial charge on any atom is -0.478 e. The van der Waals surface area contributed by atoms with Crippen molar-refractivity contribution < 1.29 is 14.7 Å². The lowest BCUT2D eigenvalue weighted by Gasteiger charge is -2.17. The average Bonchev–Trinajstić information content (AvgIpc) is 3.26. The van der Waals surface area contributed by atoms with Gasteiger partial charge >= 0.3 is 5.97 Å². The molecule has 3 rings (SSSR count). The number of carbonyl (C=O) groups excluding carboxylic acids is 1. The highest BCUT2D eigenvalue weighted by atomic mass is 35.5. The highest BCUT2D eigenvalue weighted by Crippen LogP contribution is 2.32. The topological polar surface area (TPSA) is 82.5 Å². The quantitative estimate of drug-likeness (QED) is 0.806. The molecule has 1 aliphatic carbocycles. The lowest BCUT2D eigenvalue weighted by atomic mass is 10.2. The summed E-state index contributed by atoms with van der Waals surface area (Å²) in [4.78, 5) is 28.7. The lowest BCUT2D eigenvalue weighted by Crippen LogP contribution is -2.32. The van der Waals surface area contributed by atoms with Crippen molar-refractivity contribution in [3.8, 4) is 0 Å². The van der Waals surface area contributed by atoms with Gasteiger partial charge in [0.2, 0.25) is 5.91 Å². The molecule has 0 radical (unpaired) electrons. The summed E-state index contributed by atoms with van der Waals surface area (Å²) in [6.07, 6.45) is 6.96. The molecule has 0 aromatic carbocycles. The van der Waals surface area contributed by atoms with Crippen molar-refractivity contribution in [1.82, 2.24) is 9.88 Å². The van der Waals surface area contributed by atoms with E-state index in [0.29, 0.717) is 22.9 Å². The van der Waals surface area contributed by atoms with Crippen molar-refractivity contribution in [2.75, 3.05) is 18.4 Å². The van der Waals surface area contributed by atoms with Crippen LogP contribution >= 0.6 is 11.6 Å². The van der Waals surface area contributed by atoms with Crippen molar-refractivity contribution >= 4 is 35.4 Å². The second-order valence-corrected chi connectivity index (χ2v) is 6.37. The molecule has 2 aliphatic rings. The van der Waals surface area contributed by atoms with Gasteiger partial charge in [0.25, 0.3) is 0 Å². The number of rotatable bonds is 5. The number of nitrogens with zero attached hydrogens (tertiary/aromatic N) is 2. The third kappa shape index (κ3) is 4.01. The molecule has 1 aromatic rings. The van der Waals surface area contributed by atoms with Gasteiger partial charge in [-0.2, -0.15) is 0 Å². The third-order valence-electron chi connectivity index (χ3n) is 4.05. The summed E-state index contributed by atoms with van der Waals surface area (Å²) in [5.74, 6) is 0.0536. The molecule has 2 heterocycles. The Labute approximate surface area is 139 Å². The van der Waals surface area contributed by atoms with Gasteiger partial charge in [-0.05, 0) is 37.0 Å². The van der Waals surface area contributed by atoms with E-state index in [0.717, 1.165) is 31.9 Å². The molecule has 6 nitrogen and oxygen atoms in total. The summed E-state index contributed by atoms with van der Waals surface area (Å²) in [6.45, 7) is 1.44. The molecule has 1 aliphatic heterocycles. The second-order valence-electron chi connectivity index (χ2n) is 5.96. The first-order chi connectivity index (χ1) is 11.0. The largest absolute Gasteiger partial charge is 0.478 e. The molecular formula is C16H18ClN3O3. The van der Waals surface area contributed by atoms with E-state index in [1.165, 1.54) is 6.08 Å². The number of aromatic nitrogens is 1. The Hall–Kier alpha value is -2.08. The Morgan fingerprint density at radius 2 is 2.17 bits per heavy atom. The summed E-state index contributed by atoms with van der Waals surface area (Å²) in [5.41, 5.74) is 0.625. The van der Waals surface area contributed by atoms with E-state index in [1.54, 1.807) is 12.3 Å². The van der Waals surface area contributed by atoms with Crippen LogP contribution in [-0.4, -0.2) is 46.0 Å². The lowest BCUT2D eigenvalue weighted by molar-refractivity contribution is -0.132. The van der Waals surface area contributed by atoms with E-state index in [2.05, 4.69) is 10.3 Å². The molecule has 0 spiro atoms. The molecule has 1 amide bonds. The van der Waals surface area contributed by atoms with Crippen LogP contribution in [0.1, 0.15) is 24.8 Å². The van der Waals surface area contributed by atoms with E-state index in [4.69, 9.17) is 16.7 Å². The summed E-state index contributed by atoms with van der Waals surface area (Å²) >= 11 is 6.20. The van der Waals surface area contributed by atoms with Gasteiger partial charge in [-0.25, -0.2) is 9.78 Å². The van der Waals surface area contributed by atoms with Crippen LogP contribution in [0.2, 0.25) is 5.02 Å².